The molecule has 5 nitrogen and oxygen atoms in total. The average Bonchev–Trinajstić information content (AvgIpc) is 2.96. The molecule has 2 heterocycles. The van der Waals surface area contributed by atoms with E-state index in [-0.39, 0.29) is 5.91 Å². The number of rotatable bonds is 4. The predicted molar refractivity (Wildman–Crippen MR) is 111 cm³/mol. The number of para-hydroxylation sites is 1. The van der Waals surface area contributed by atoms with Crippen molar-refractivity contribution < 1.29 is 9.53 Å². The first kappa shape index (κ1) is 18.1. The van der Waals surface area contributed by atoms with E-state index in [2.05, 4.69) is 10.3 Å². The maximum absolute atomic E-state index is 12.9. The van der Waals surface area contributed by atoms with Crippen LogP contribution in [0.3, 0.4) is 0 Å². The smallest absolute Gasteiger partial charge is 0.273 e. The summed E-state index contributed by atoms with van der Waals surface area (Å²) in [7, 11) is 1.83. The number of benzene rings is 2. The number of aromatic nitrogens is 2. The van der Waals surface area contributed by atoms with E-state index < -0.39 is 0 Å². The van der Waals surface area contributed by atoms with E-state index in [1.807, 2.05) is 62.5 Å². The third-order valence-electron chi connectivity index (χ3n) is 4.56. The van der Waals surface area contributed by atoms with Gasteiger partial charge in [0.2, 0.25) is 0 Å². The van der Waals surface area contributed by atoms with Crippen LogP contribution in [-0.4, -0.2) is 15.5 Å². The number of amides is 1. The summed E-state index contributed by atoms with van der Waals surface area (Å²) >= 11 is 6.46. The Labute approximate surface area is 167 Å². The molecule has 0 atom stereocenters. The first-order valence-corrected chi connectivity index (χ1v) is 9.15. The Balaban J connectivity index is 1.58. The summed E-state index contributed by atoms with van der Waals surface area (Å²) in [6.07, 6.45) is 3.34. The van der Waals surface area contributed by atoms with Crippen molar-refractivity contribution in [2.24, 2.45) is 7.05 Å². The highest BCUT2D eigenvalue weighted by atomic mass is 35.5. The van der Waals surface area contributed by atoms with Crippen molar-refractivity contribution in [3.05, 3.63) is 83.3 Å². The molecule has 28 heavy (non-hydrogen) atoms. The van der Waals surface area contributed by atoms with E-state index in [4.69, 9.17) is 16.3 Å². The first-order chi connectivity index (χ1) is 13.5. The van der Waals surface area contributed by atoms with Gasteiger partial charge in [0.15, 0.2) is 0 Å². The van der Waals surface area contributed by atoms with Crippen LogP contribution >= 0.6 is 11.6 Å². The van der Waals surface area contributed by atoms with E-state index >= 15 is 0 Å². The molecule has 1 amide bonds. The number of nitrogens with zero attached hydrogens (tertiary/aromatic N) is 2. The minimum atomic E-state index is -0.260. The number of anilines is 1. The van der Waals surface area contributed by atoms with Crippen molar-refractivity contribution in [3.8, 4) is 11.5 Å². The second-order valence-corrected chi connectivity index (χ2v) is 6.84. The van der Waals surface area contributed by atoms with Gasteiger partial charge in [-0.1, -0.05) is 29.8 Å². The summed E-state index contributed by atoms with van der Waals surface area (Å²) < 4.78 is 7.64. The van der Waals surface area contributed by atoms with Crippen LogP contribution in [0, 0.1) is 6.92 Å². The van der Waals surface area contributed by atoms with Crippen molar-refractivity contribution in [1.29, 1.82) is 0 Å². The molecule has 4 aromatic rings. The molecule has 2 aromatic carbocycles. The highest BCUT2D eigenvalue weighted by Gasteiger charge is 2.20. The molecule has 1 N–H and O–H groups in total. The van der Waals surface area contributed by atoms with Crippen LogP contribution in [0.2, 0.25) is 5.02 Å². The van der Waals surface area contributed by atoms with Crippen LogP contribution < -0.4 is 10.1 Å². The average molecular weight is 392 g/mol. The van der Waals surface area contributed by atoms with E-state index in [9.17, 15) is 4.79 Å². The second kappa shape index (κ2) is 7.37. The van der Waals surface area contributed by atoms with Gasteiger partial charge in [-0.2, -0.15) is 0 Å². The molecule has 0 aliphatic rings. The molecule has 0 saturated carbocycles. The third-order valence-corrected chi connectivity index (χ3v) is 4.94. The molecule has 2 aromatic heterocycles. The van der Waals surface area contributed by atoms with Crippen molar-refractivity contribution in [2.45, 2.75) is 6.92 Å². The Morgan fingerprint density at radius 3 is 2.68 bits per heavy atom. The summed E-state index contributed by atoms with van der Waals surface area (Å²) in [6, 6.07) is 16.8. The van der Waals surface area contributed by atoms with Gasteiger partial charge in [-0.05, 0) is 48.9 Å². The quantitative estimate of drug-likeness (QED) is 0.494. The van der Waals surface area contributed by atoms with Crippen LogP contribution in [0.15, 0.2) is 67.0 Å². The Hall–Kier alpha value is -3.31. The monoisotopic (exact) mass is 391 g/mol. The molecule has 0 saturated heterocycles. The van der Waals surface area contributed by atoms with Gasteiger partial charge >= 0.3 is 0 Å². The molecule has 0 spiro atoms. The number of nitrogens with one attached hydrogen (secondary N) is 1. The Bertz CT molecular complexity index is 1130. The van der Waals surface area contributed by atoms with E-state index in [1.165, 1.54) is 0 Å². The van der Waals surface area contributed by atoms with Gasteiger partial charge < -0.3 is 14.6 Å². The summed E-state index contributed by atoms with van der Waals surface area (Å²) in [6.45, 7) is 1.92. The molecule has 4 rings (SSSR count). The normalized spacial score (nSPS) is 10.8. The molecule has 0 bridgehead atoms. The fourth-order valence-electron chi connectivity index (χ4n) is 3.17. The standard InChI is InChI=1S/C22H18ClN3O2/c1-14-12-15(9-10-19(14)28-16-6-5-11-24-13-16)25-22(27)21-20(23)17-7-3-4-8-18(17)26(21)2/h3-13H,1-2H3,(H,25,27). The minimum Gasteiger partial charge on any atom is -0.455 e. The number of carbonyl (C=O) groups is 1. The maximum atomic E-state index is 12.9. The summed E-state index contributed by atoms with van der Waals surface area (Å²) in [5.41, 5.74) is 2.90. The Morgan fingerprint density at radius 1 is 1.14 bits per heavy atom. The second-order valence-electron chi connectivity index (χ2n) is 6.46. The number of hydrogen-bond acceptors (Lipinski definition) is 3. The van der Waals surface area contributed by atoms with Gasteiger partial charge in [0, 0.05) is 29.8 Å². The summed E-state index contributed by atoms with van der Waals surface area (Å²) in [5.74, 6) is 1.10. The third kappa shape index (κ3) is 3.32. The predicted octanol–water partition coefficient (Wildman–Crippen LogP) is 5.58. The van der Waals surface area contributed by atoms with E-state index in [0.29, 0.717) is 27.9 Å². The Kier molecular flexibility index (Phi) is 4.75. The number of pyridine rings is 1. The minimum absolute atomic E-state index is 0.260. The van der Waals surface area contributed by atoms with Gasteiger partial charge in [-0.15, -0.1) is 0 Å². The van der Waals surface area contributed by atoms with Gasteiger partial charge in [0.25, 0.3) is 5.91 Å². The van der Waals surface area contributed by atoms with E-state index in [1.54, 1.807) is 23.0 Å². The molecule has 0 radical (unpaired) electrons. The molecular weight excluding hydrogens is 374 g/mol. The van der Waals surface area contributed by atoms with Crippen molar-refractivity contribution >= 4 is 34.1 Å². The Morgan fingerprint density at radius 2 is 1.96 bits per heavy atom. The molecule has 0 aliphatic heterocycles. The van der Waals surface area contributed by atoms with Crippen LogP contribution in [-0.2, 0) is 7.05 Å². The number of halogens is 1. The lowest BCUT2D eigenvalue weighted by Gasteiger charge is -2.11. The van der Waals surface area contributed by atoms with E-state index in [0.717, 1.165) is 16.5 Å². The lowest BCUT2D eigenvalue weighted by molar-refractivity contribution is 0.102. The van der Waals surface area contributed by atoms with Crippen molar-refractivity contribution in [1.82, 2.24) is 9.55 Å². The molecule has 6 heteroatoms. The number of ether oxygens (including phenoxy) is 1. The lowest BCUT2D eigenvalue weighted by atomic mass is 10.2. The molecule has 0 aliphatic carbocycles. The topological polar surface area (TPSA) is 56.2 Å². The summed E-state index contributed by atoms with van der Waals surface area (Å²) in [5, 5.41) is 4.22. The van der Waals surface area contributed by atoms with Gasteiger partial charge in [0.1, 0.15) is 17.2 Å². The number of hydrogen-bond donors (Lipinski definition) is 1. The first-order valence-electron chi connectivity index (χ1n) is 8.77. The number of aryl methyl sites for hydroxylation is 2. The van der Waals surface area contributed by atoms with Crippen molar-refractivity contribution in [2.75, 3.05) is 5.32 Å². The zero-order valence-corrected chi connectivity index (χ0v) is 16.2. The molecule has 0 unspecified atom stereocenters. The van der Waals surface area contributed by atoms with Crippen LogP contribution in [0.25, 0.3) is 10.9 Å². The largest absolute Gasteiger partial charge is 0.455 e. The molecule has 0 fully saturated rings. The highest BCUT2D eigenvalue weighted by Crippen LogP contribution is 2.31. The fraction of sp³-hybridized carbons (Fsp3) is 0.0909. The summed E-state index contributed by atoms with van der Waals surface area (Å²) in [4.78, 5) is 16.9. The zero-order chi connectivity index (χ0) is 19.7. The number of fused-ring (bicyclic) bond motifs is 1. The molecule has 140 valence electrons. The maximum Gasteiger partial charge on any atom is 0.273 e. The SMILES string of the molecule is Cc1cc(NC(=O)c2c(Cl)c3ccccc3n2C)ccc1Oc1cccnc1. The van der Waals surface area contributed by atoms with Crippen LogP contribution in [0.1, 0.15) is 16.1 Å². The fourth-order valence-corrected chi connectivity index (χ4v) is 3.54. The van der Waals surface area contributed by atoms with Crippen LogP contribution in [0.5, 0.6) is 11.5 Å². The zero-order valence-electron chi connectivity index (χ0n) is 15.4. The molecular formula is C22H18ClN3O2. The van der Waals surface area contributed by atoms with Crippen LogP contribution in [0.4, 0.5) is 5.69 Å². The van der Waals surface area contributed by atoms with Gasteiger partial charge in [-0.3, -0.25) is 9.78 Å². The van der Waals surface area contributed by atoms with Crippen molar-refractivity contribution in [3.63, 3.8) is 0 Å². The number of carbonyl (C=O) groups excluding carboxylic acids is 1. The van der Waals surface area contributed by atoms with Gasteiger partial charge in [0.05, 0.1) is 11.2 Å². The lowest BCUT2D eigenvalue weighted by Crippen LogP contribution is -2.16. The van der Waals surface area contributed by atoms with Gasteiger partial charge in [-0.25, -0.2) is 0 Å². The highest BCUT2D eigenvalue weighted by molar-refractivity contribution is 6.39.